The first-order valence-corrected chi connectivity index (χ1v) is 13.6. The Kier molecular flexibility index (Phi) is 8.01. The van der Waals surface area contributed by atoms with Crippen LogP contribution in [-0.2, 0) is 9.53 Å². The molecule has 0 N–H and O–H groups in total. The van der Waals surface area contributed by atoms with E-state index < -0.39 is 17.7 Å². The van der Waals surface area contributed by atoms with Crippen molar-refractivity contribution in [3.8, 4) is 11.1 Å². The lowest BCUT2D eigenvalue weighted by Gasteiger charge is -2.37. The molecular formula is C30H34F2N4O3S. The molecule has 1 aliphatic carbocycles. The number of hydrogen-bond donors (Lipinski definition) is 0. The molecule has 0 radical (unpaired) electrons. The van der Waals surface area contributed by atoms with Crippen LogP contribution in [0.3, 0.4) is 0 Å². The summed E-state index contributed by atoms with van der Waals surface area (Å²) >= 11 is 0. The lowest BCUT2D eigenvalue weighted by molar-refractivity contribution is -0.120. The molecule has 3 heterocycles. The van der Waals surface area contributed by atoms with Crippen LogP contribution in [0.1, 0.15) is 74.3 Å². The monoisotopic (exact) mass is 568 g/mol. The van der Waals surface area contributed by atoms with Crippen molar-refractivity contribution in [2.75, 3.05) is 12.0 Å². The molecular weight excluding hydrogens is 534 g/mol. The van der Waals surface area contributed by atoms with E-state index in [2.05, 4.69) is 27.9 Å². The van der Waals surface area contributed by atoms with Crippen LogP contribution in [0.4, 0.5) is 14.5 Å². The van der Waals surface area contributed by atoms with Crippen LogP contribution < -0.4 is 4.90 Å². The van der Waals surface area contributed by atoms with Gasteiger partial charge < -0.3 is 18.7 Å². The fourth-order valence-corrected chi connectivity index (χ4v) is 6.40. The summed E-state index contributed by atoms with van der Waals surface area (Å²) in [6, 6.07) is 9.65. The van der Waals surface area contributed by atoms with Crippen molar-refractivity contribution in [1.82, 2.24) is 14.7 Å². The lowest BCUT2D eigenvalue weighted by atomic mass is 9.91. The molecule has 2 aromatic carbocycles. The van der Waals surface area contributed by atoms with Crippen molar-refractivity contribution in [3.05, 3.63) is 65.3 Å². The van der Waals surface area contributed by atoms with Crippen molar-refractivity contribution < 1.29 is 22.8 Å². The molecule has 212 valence electrons. The molecule has 2 fully saturated rings. The zero-order chi connectivity index (χ0) is 27.3. The highest BCUT2D eigenvalue weighted by molar-refractivity contribution is 7.59. The Morgan fingerprint density at radius 2 is 1.77 bits per heavy atom. The second-order valence-corrected chi connectivity index (χ2v) is 10.7. The lowest BCUT2D eigenvalue weighted by Crippen LogP contribution is -2.40. The van der Waals surface area contributed by atoms with Gasteiger partial charge in [0, 0.05) is 36.9 Å². The van der Waals surface area contributed by atoms with E-state index in [4.69, 9.17) is 14.2 Å². The Labute approximate surface area is 238 Å². The van der Waals surface area contributed by atoms with Gasteiger partial charge in [-0.2, -0.15) is 13.5 Å². The minimum atomic E-state index is -0.972. The second kappa shape index (κ2) is 11.3. The molecule has 6 rings (SSSR count). The Bertz CT molecular complexity index is 1520. The topological polar surface area (TPSA) is 73.4 Å². The van der Waals surface area contributed by atoms with Gasteiger partial charge in [-0.05, 0) is 82.2 Å². The number of carbonyl (C=O) groups is 1. The van der Waals surface area contributed by atoms with Crippen molar-refractivity contribution >= 4 is 36.1 Å². The molecule has 1 saturated carbocycles. The molecule has 0 bridgehead atoms. The third kappa shape index (κ3) is 4.92. The zero-order valence-corrected chi connectivity index (χ0v) is 23.9. The number of anilines is 1. The Hall–Kier alpha value is -3.24. The number of piperidine rings is 1. The maximum atomic E-state index is 14.3. The molecule has 2 aliphatic rings. The number of imidazole rings is 1. The number of benzene rings is 2. The highest BCUT2D eigenvalue weighted by Crippen LogP contribution is 2.42. The van der Waals surface area contributed by atoms with Gasteiger partial charge >= 0.3 is 0 Å². The number of ether oxygens (including phenoxy) is 1. The molecule has 0 unspecified atom stereocenters. The third-order valence-electron chi connectivity index (χ3n) is 8.31. The SMILES string of the molecule is COC1CCC(n2c([C@@H]3CCCC(=O)N3c3ccc(F)c(F)c3)nc3cc(-c4c(C)noc4C)ccc32)CC1.S. The number of fused-ring (bicyclic) bond motifs is 1. The van der Waals surface area contributed by atoms with Gasteiger partial charge in [0.2, 0.25) is 5.91 Å². The van der Waals surface area contributed by atoms with Crippen LogP contribution >= 0.6 is 13.5 Å². The zero-order valence-electron chi connectivity index (χ0n) is 22.9. The Morgan fingerprint density at radius 1 is 1.00 bits per heavy atom. The first-order valence-electron chi connectivity index (χ1n) is 13.6. The molecule has 1 amide bonds. The van der Waals surface area contributed by atoms with Crippen molar-refractivity contribution in [3.63, 3.8) is 0 Å². The first kappa shape index (κ1) is 28.3. The summed E-state index contributed by atoms with van der Waals surface area (Å²) in [5.74, 6) is -0.504. The first-order chi connectivity index (χ1) is 18.9. The minimum absolute atomic E-state index is 0. The van der Waals surface area contributed by atoms with Gasteiger partial charge in [-0.25, -0.2) is 13.8 Å². The maximum absolute atomic E-state index is 14.3. The Morgan fingerprint density at radius 3 is 2.45 bits per heavy atom. The smallest absolute Gasteiger partial charge is 0.227 e. The number of aryl methyl sites for hydroxylation is 2. The summed E-state index contributed by atoms with van der Waals surface area (Å²) in [6.45, 7) is 3.81. The number of carbonyl (C=O) groups excluding carboxylic acids is 1. The van der Waals surface area contributed by atoms with Crippen molar-refractivity contribution in [2.24, 2.45) is 0 Å². The summed E-state index contributed by atoms with van der Waals surface area (Å²) in [7, 11) is 1.76. The van der Waals surface area contributed by atoms with E-state index in [1.165, 1.54) is 6.07 Å². The van der Waals surface area contributed by atoms with E-state index in [0.717, 1.165) is 77.3 Å². The van der Waals surface area contributed by atoms with Gasteiger partial charge in [0.05, 0.1) is 28.9 Å². The fraction of sp³-hybridized carbons (Fsp3) is 0.433. The number of halogens is 2. The van der Waals surface area contributed by atoms with Crippen LogP contribution in [0.15, 0.2) is 40.9 Å². The summed E-state index contributed by atoms with van der Waals surface area (Å²) in [4.78, 5) is 20.0. The average molecular weight is 569 g/mol. The number of nitrogens with zero attached hydrogens (tertiary/aromatic N) is 4. The molecule has 4 aromatic rings. The normalized spacial score (nSPS) is 21.6. The van der Waals surface area contributed by atoms with Gasteiger partial charge in [-0.3, -0.25) is 4.79 Å². The summed E-state index contributed by atoms with van der Waals surface area (Å²) < 4.78 is 41.4. The second-order valence-electron chi connectivity index (χ2n) is 10.7. The van der Waals surface area contributed by atoms with Gasteiger partial charge in [0.15, 0.2) is 11.6 Å². The van der Waals surface area contributed by atoms with E-state index in [1.807, 2.05) is 13.8 Å². The molecule has 40 heavy (non-hydrogen) atoms. The molecule has 0 spiro atoms. The van der Waals surface area contributed by atoms with Gasteiger partial charge in [0.1, 0.15) is 11.6 Å². The number of aromatic nitrogens is 3. The maximum Gasteiger partial charge on any atom is 0.227 e. The van der Waals surface area contributed by atoms with Crippen LogP contribution in [0.2, 0.25) is 0 Å². The van der Waals surface area contributed by atoms with Crippen molar-refractivity contribution in [1.29, 1.82) is 0 Å². The van der Waals surface area contributed by atoms with E-state index >= 15 is 0 Å². The van der Waals surface area contributed by atoms with E-state index in [9.17, 15) is 13.6 Å². The van der Waals surface area contributed by atoms with Crippen molar-refractivity contribution in [2.45, 2.75) is 77.0 Å². The summed E-state index contributed by atoms with van der Waals surface area (Å²) in [6.07, 6.45) is 5.70. The molecule has 10 heteroatoms. The van der Waals surface area contributed by atoms with E-state index in [-0.39, 0.29) is 31.5 Å². The highest BCUT2D eigenvalue weighted by atomic mass is 32.1. The number of hydrogen-bond acceptors (Lipinski definition) is 5. The minimum Gasteiger partial charge on any atom is -0.381 e. The van der Waals surface area contributed by atoms with E-state index in [0.29, 0.717) is 24.9 Å². The standard InChI is InChI=1S/C30H32F2N4O3.H2S/c1-17-29(18(2)39-34-17)19-7-14-26-25(15-19)33-30(36(26)20-8-11-22(38-3)12-9-20)27-5-4-6-28(37)35(27)21-10-13-23(31)24(32)16-21;/h7,10,13-16,20,22,27H,4-6,8-9,11-12H2,1-3H3;1H2/t20?,22?,27-;/m0./s1. The number of methoxy groups -OCH3 is 1. The molecule has 1 atom stereocenters. The van der Waals surface area contributed by atoms with Crippen LogP contribution in [0.5, 0.6) is 0 Å². The number of amides is 1. The van der Waals surface area contributed by atoms with Gasteiger partial charge in [-0.1, -0.05) is 11.2 Å². The fourth-order valence-electron chi connectivity index (χ4n) is 6.40. The predicted octanol–water partition coefficient (Wildman–Crippen LogP) is 7.09. The van der Waals surface area contributed by atoms with Gasteiger partial charge in [-0.15, -0.1) is 0 Å². The molecule has 7 nitrogen and oxygen atoms in total. The van der Waals surface area contributed by atoms with Gasteiger partial charge in [0.25, 0.3) is 0 Å². The Balaban J connectivity index is 0.00000323. The molecule has 1 aliphatic heterocycles. The average Bonchev–Trinajstić information content (AvgIpc) is 3.48. The molecule has 1 saturated heterocycles. The quantitative estimate of drug-likeness (QED) is 0.257. The highest BCUT2D eigenvalue weighted by Gasteiger charge is 2.36. The third-order valence-corrected chi connectivity index (χ3v) is 8.31. The van der Waals surface area contributed by atoms with E-state index in [1.54, 1.807) is 12.0 Å². The number of rotatable bonds is 5. The summed E-state index contributed by atoms with van der Waals surface area (Å²) in [5, 5.41) is 4.11. The van der Waals surface area contributed by atoms with Crippen LogP contribution in [0, 0.1) is 25.5 Å². The van der Waals surface area contributed by atoms with Crippen LogP contribution in [0.25, 0.3) is 22.2 Å². The predicted molar refractivity (Wildman–Crippen MR) is 154 cm³/mol. The summed E-state index contributed by atoms with van der Waals surface area (Å²) in [5.41, 5.74) is 4.89. The largest absolute Gasteiger partial charge is 0.381 e. The van der Waals surface area contributed by atoms with Crippen LogP contribution in [-0.4, -0.2) is 33.8 Å². The molecule has 2 aromatic heterocycles.